The molecule has 2 aromatic carbocycles. The zero-order valence-electron chi connectivity index (χ0n) is 10.8. The van der Waals surface area contributed by atoms with E-state index in [-0.39, 0.29) is 5.91 Å². The van der Waals surface area contributed by atoms with Gasteiger partial charge in [-0.2, -0.15) is 5.10 Å². The number of benzene rings is 2. The topological polar surface area (TPSA) is 50.7 Å². The van der Waals surface area contributed by atoms with Gasteiger partial charge in [0, 0.05) is 14.7 Å². The third-order valence-electron chi connectivity index (χ3n) is 2.60. The van der Waals surface area contributed by atoms with Gasteiger partial charge in [0.25, 0.3) is 5.91 Å². The lowest BCUT2D eigenvalue weighted by molar-refractivity contribution is 0.0955. The quantitative estimate of drug-likeness (QED) is 0.504. The Morgan fingerprint density at radius 2 is 2.05 bits per heavy atom. The number of methoxy groups -OCH3 is 1. The molecule has 0 aliphatic heterocycles. The second-order valence-electron chi connectivity index (χ2n) is 3.95. The van der Waals surface area contributed by atoms with E-state index in [1.807, 2.05) is 36.4 Å². The number of halogens is 1. The highest BCUT2D eigenvalue weighted by Crippen LogP contribution is 2.14. The first-order valence-electron chi connectivity index (χ1n) is 5.92. The van der Waals surface area contributed by atoms with Gasteiger partial charge in [-0.3, -0.25) is 4.79 Å². The highest BCUT2D eigenvalue weighted by molar-refractivity contribution is 14.1. The second-order valence-corrected chi connectivity index (χ2v) is 5.20. The van der Waals surface area contributed by atoms with Gasteiger partial charge in [-0.25, -0.2) is 5.43 Å². The molecule has 0 heterocycles. The van der Waals surface area contributed by atoms with Gasteiger partial charge in [0.05, 0.1) is 13.3 Å². The van der Waals surface area contributed by atoms with Crippen LogP contribution in [0.4, 0.5) is 0 Å². The van der Waals surface area contributed by atoms with Crippen molar-refractivity contribution in [2.45, 2.75) is 0 Å². The third-order valence-corrected chi connectivity index (χ3v) is 3.27. The molecule has 0 aromatic heterocycles. The van der Waals surface area contributed by atoms with Crippen LogP contribution in [0.25, 0.3) is 0 Å². The van der Waals surface area contributed by atoms with E-state index in [4.69, 9.17) is 4.74 Å². The molecule has 0 atom stereocenters. The van der Waals surface area contributed by atoms with Crippen LogP contribution < -0.4 is 10.2 Å². The number of hydrogen-bond donors (Lipinski definition) is 1. The lowest BCUT2D eigenvalue weighted by atomic mass is 10.2. The highest BCUT2D eigenvalue weighted by atomic mass is 127. The number of nitrogens with zero attached hydrogens (tertiary/aromatic N) is 1. The summed E-state index contributed by atoms with van der Waals surface area (Å²) < 4.78 is 6.20. The molecule has 5 heteroatoms. The summed E-state index contributed by atoms with van der Waals surface area (Å²) in [6.07, 6.45) is 1.56. The number of hydrogen-bond acceptors (Lipinski definition) is 3. The van der Waals surface area contributed by atoms with E-state index < -0.39 is 0 Å². The Balaban J connectivity index is 2.05. The first-order chi connectivity index (χ1) is 9.70. The summed E-state index contributed by atoms with van der Waals surface area (Å²) in [6, 6.07) is 14.8. The van der Waals surface area contributed by atoms with Gasteiger partial charge < -0.3 is 4.74 Å². The molecule has 0 bridgehead atoms. The molecule has 1 amide bonds. The monoisotopic (exact) mass is 380 g/mol. The zero-order valence-corrected chi connectivity index (χ0v) is 13.0. The molecular weight excluding hydrogens is 367 g/mol. The molecule has 2 aromatic rings. The van der Waals surface area contributed by atoms with Crippen LogP contribution in [0, 0.1) is 3.57 Å². The van der Waals surface area contributed by atoms with E-state index in [2.05, 4.69) is 33.1 Å². The van der Waals surface area contributed by atoms with Crippen LogP contribution in [-0.4, -0.2) is 19.2 Å². The van der Waals surface area contributed by atoms with Gasteiger partial charge in [0.15, 0.2) is 0 Å². The Kier molecular flexibility index (Phi) is 5.11. The Bertz CT molecular complexity index is 641. The molecule has 0 radical (unpaired) electrons. The maximum absolute atomic E-state index is 11.9. The lowest BCUT2D eigenvalue weighted by Crippen LogP contribution is -2.17. The van der Waals surface area contributed by atoms with Gasteiger partial charge in [-0.1, -0.05) is 18.2 Å². The molecule has 0 saturated heterocycles. The molecule has 0 unspecified atom stereocenters. The normalized spacial score (nSPS) is 10.5. The maximum atomic E-state index is 11.9. The maximum Gasteiger partial charge on any atom is 0.271 e. The number of para-hydroxylation sites is 1. The van der Waals surface area contributed by atoms with Crippen molar-refractivity contribution in [3.63, 3.8) is 0 Å². The van der Waals surface area contributed by atoms with Crippen molar-refractivity contribution < 1.29 is 9.53 Å². The van der Waals surface area contributed by atoms with Crippen LogP contribution in [0.1, 0.15) is 15.9 Å². The number of amides is 1. The Hall–Kier alpha value is -1.89. The number of carbonyl (C=O) groups is 1. The van der Waals surface area contributed by atoms with Gasteiger partial charge in [0.1, 0.15) is 5.75 Å². The Morgan fingerprint density at radius 1 is 1.25 bits per heavy atom. The third kappa shape index (κ3) is 3.80. The summed E-state index contributed by atoms with van der Waals surface area (Å²) in [4.78, 5) is 11.9. The van der Waals surface area contributed by atoms with E-state index in [9.17, 15) is 4.79 Å². The van der Waals surface area contributed by atoms with Gasteiger partial charge >= 0.3 is 0 Å². The fourth-order valence-electron chi connectivity index (χ4n) is 1.63. The highest BCUT2D eigenvalue weighted by Gasteiger charge is 2.04. The average Bonchev–Trinajstić information content (AvgIpc) is 2.47. The van der Waals surface area contributed by atoms with Crippen molar-refractivity contribution in [2.24, 2.45) is 5.10 Å². The van der Waals surface area contributed by atoms with Crippen LogP contribution in [0.15, 0.2) is 53.6 Å². The van der Waals surface area contributed by atoms with Crippen LogP contribution in [0.3, 0.4) is 0 Å². The number of ether oxygens (including phenoxy) is 1. The first kappa shape index (κ1) is 14.5. The summed E-state index contributed by atoms with van der Waals surface area (Å²) in [6.45, 7) is 0. The van der Waals surface area contributed by atoms with Crippen molar-refractivity contribution >= 4 is 34.7 Å². The summed E-state index contributed by atoms with van der Waals surface area (Å²) in [5, 5.41) is 3.95. The molecule has 2 rings (SSSR count). The molecule has 20 heavy (non-hydrogen) atoms. The Morgan fingerprint density at radius 3 is 2.80 bits per heavy atom. The Labute approximate surface area is 131 Å². The summed E-state index contributed by atoms with van der Waals surface area (Å²) in [5.41, 5.74) is 3.88. The summed E-state index contributed by atoms with van der Waals surface area (Å²) >= 11 is 2.16. The molecule has 0 spiro atoms. The van der Waals surface area contributed by atoms with Gasteiger partial charge in [0.2, 0.25) is 0 Å². The van der Waals surface area contributed by atoms with Crippen LogP contribution in [-0.2, 0) is 0 Å². The van der Waals surface area contributed by atoms with E-state index in [0.29, 0.717) is 11.3 Å². The predicted octanol–water partition coefficient (Wildman–Crippen LogP) is 3.06. The van der Waals surface area contributed by atoms with E-state index in [0.717, 1.165) is 9.13 Å². The van der Waals surface area contributed by atoms with Crippen LogP contribution >= 0.6 is 22.6 Å². The van der Waals surface area contributed by atoms with Gasteiger partial charge in [-0.05, 0) is 52.9 Å². The molecular formula is C15H13IN2O2. The predicted molar refractivity (Wildman–Crippen MR) is 87.2 cm³/mol. The number of hydrazone groups is 1. The van der Waals surface area contributed by atoms with E-state index >= 15 is 0 Å². The molecule has 102 valence electrons. The second kappa shape index (κ2) is 7.04. The standard InChI is InChI=1S/C15H13IN2O2/c1-20-14-8-3-2-5-12(14)10-17-18-15(19)11-6-4-7-13(16)9-11/h2-10H,1H3,(H,18,19)/b17-10-. The smallest absolute Gasteiger partial charge is 0.271 e. The van der Waals surface area contributed by atoms with Crippen molar-refractivity contribution in [1.29, 1.82) is 0 Å². The SMILES string of the molecule is COc1ccccc1/C=N\NC(=O)c1cccc(I)c1. The van der Waals surface area contributed by atoms with E-state index in [1.54, 1.807) is 25.5 Å². The van der Waals surface area contributed by atoms with Crippen molar-refractivity contribution in [2.75, 3.05) is 7.11 Å². The molecule has 0 aliphatic carbocycles. The van der Waals surface area contributed by atoms with Crippen molar-refractivity contribution in [3.8, 4) is 5.75 Å². The van der Waals surface area contributed by atoms with Crippen molar-refractivity contribution in [3.05, 3.63) is 63.2 Å². The molecule has 0 aliphatic rings. The zero-order chi connectivity index (χ0) is 14.4. The summed E-state index contributed by atoms with van der Waals surface area (Å²) in [7, 11) is 1.59. The number of carbonyl (C=O) groups excluding carboxylic acids is 1. The average molecular weight is 380 g/mol. The first-order valence-corrected chi connectivity index (χ1v) is 7.00. The lowest BCUT2D eigenvalue weighted by Gasteiger charge is -2.03. The molecule has 1 N–H and O–H groups in total. The van der Waals surface area contributed by atoms with Crippen LogP contribution in [0.5, 0.6) is 5.75 Å². The largest absolute Gasteiger partial charge is 0.496 e. The fraction of sp³-hybridized carbons (Fsp3) is 0.0667. The van der Waals surface area contributed by atoms with Crippen molar-refractivity contribution in [1.82, 2.24) is 5.43 Å². The molecule has 0 saturated carbocycles. The molecule has 0 fully saturated rings. The van der Waals surface area contributed by atoms with E-state index in [1.165, 1.54) is 0 Å². The van der Waals surface area contributed by atoms with Gasteiger partial charge in [-0.15, -0.1) is 0 Å². The number of rotatable bonds is 4. The minimum absolute atomic E-state index is 0.241. The van der Waals surface area contributed by atoms with Crippen LogP contribution in [0.2, 0.25) is 0 Å². The minimum atomic E-state index is -0.241. The molecule has 4 nitrogen and oxygen atoms in total. The fourth-order valence-corrected chi connectivity index (χ4v) is 2.17. The minimum Gasteiger partial charge on any atom is -0.496 e. The summed E-state index contributed by atoms with van der Waals surface area (Å²) in [5.74, 6) is 0.467. The number of nitrogens with one attached hydrogen (secondary N) is 1.